The number of halogens is 1. The molecule has 0 unspecified atom stereocenters. The lowest BCUT2D eigenvalue weighted by Gasteiger charge is -2.07. The Bertz CT molecular complexity index is 112. The maximum atomic E-state index is 11.8. The Hall–Kier alpha value is -0.410. The number of ether oxygens (including phenoxy) is 1. The van der Waals surface area contributed by atoms with E-state index in [2.05, 4.69) is 0 Å². The Morgan fingerprint density at radius 3 is 2.60 bits per heavy atom. The fourth-order valence-corrected chi connectivity index (χ4v) is 0.409. The van der Waals surface area contributed by atoms with Crippen LogP contribution in [0, 0.1) is 0 Å². The zero-order valence-corrected chi connectivity index (χ0v) is 6.43. The third-order valence-electron chi connectivity index (χ3n) is 1.02. The van der Waals surface area contributed by atoms with E-state index >= 15 is 0 Å². The van der Waals surface area contributed by atoms with E-state index < -0.39 is 0 Å². The van der Waals surface area contributed by atoms with E-state index in [4.69, 9.17) is 10.5 Å². The minimum atomic E-state index is 0.126. The van der Waals surface area contributed by atoms with Crippen LogP contribution in [0.5, 0.6) is 0 Å². The molecule has 3 heteroatoms. The van der Waals surface area contributed by atoms with Crippen LogP contribution in [0.2, 0.25) is 0 Å². The third-order valence-corrected chi connectivity index (χ3v) is 1.02. The predicted octanol–water partition coefficient (Wildman–Crippen LogP) is 1.22. The van der Waals surface area contributed by atoms with Crippen molar-refractivity contribution in [2.75, 3.05) is 13.2 Å². The molecule has 60 valence electrons. The first-order valence-corrected chi connectivity index (χ1v) is 3.30. The van der Waals surface area contributed by atoms with E-state index in [0.29, 0.717) is 18.5 Å². The summed E-state index contributed by atoms with van der Waals surface area (Å²) in [5.41, 5.74) is 5.68. The quantitative estimate of drug-likeness (QED) is 0.649. The van der Waals surface area contributed by atoms with Crippen molar-refractivity contribution in [2.45, 2.75) is 20.0 Å². The van der Waals surface area contributed by atoms with Crippen LogP contribution in [0.3, 0.4) is 0 Å². The lowest BCUT2D eigenvalue weighted by Crippen LogP contribution is -2.12. The maximum absolute atomic E-state index is 11.8. The van der Waals surface area contributed by atoms with E-state index in [-0.39, 0.29) is 12.6 Å². The molecule has 0 heterocycles. The van der Waals surface area contributed by atoms with E-state index in [1.54, 1.807) is 0 Å². The summed E-state index contributed by atoms with van der Waals surface area (Å²) >= 11 is 0. The topological polar surface area (TPSA) is 35.2 Å². The average Bonchev–Trinajstić information content (AvgIpc) is 1.90. The third kappa shape index (κ3) is 4.47. The summed E-state index contributed by atoms with van der Waals surface area (Å²) in [7, 11) is 0. The summed E-state index contributed by atoms with van der Waals surface area (Å²) in [5.74, 6) is 0. The average molecular weight is 147 g/mol. The molecule has 0 aromatic heterocycles. The molecule has 0 saturated carbocycles. The van der Waals surface area contributed by atoms with E-state index in [0.717, 1.165) is 0 Å². The molecule has 0 aromatic rings. The van der Waals surface area contributed by atoms with Crippen LogP contribution in [-0.2, 0) is 4.74 Å². The largest absolute Gasteiger partial charge is 0.374 e. The van der Waals surface area contributed by atoms with Crippen molar-refractivity contribution >= 4 is 0 Å². The molecule has 0 radical (unpaired) electrons. The molecule has 2 N–H and O–H groups in total. The molecule has 0 saturated heterocycles. The van der Waals surface area contributed by atoms with Gasteiger partial charge in [0.05, 0.1) is 19.0 Å². The highest BCUT2D eigenvalue weighted by atomic mass is 19.1. The number of hydrogen-bond donors (Lipinski definition) is 1. The van der Waals surface area contributed by atoms with Gasteiger partial charge in [0.1, 0.15) is 0 Å². The van der Waals surface area contributed by atoms with Crippen molar-refractivity contribution in [3.05, 3.63) is 11.9 Å². The molecule has 10 heavy (non-hydrogen) atoms. The fraction of sp³-hybridized carbons (Fsp3) is 0.714. The van der Waals surface area contributed by atoms with Crippen molar-refractivity contribution in [2.24, 2.45) is 5.73 Å². The molecule has 0 aromatic carbocycles. The van der Waals surface area contributed by atoms with Gasteiger partial charge in [0.15, 0.2) is 0 Å². The maximum Gasteiger partial charge on any atom is 0.0894 e. The van der Waals surface area contributed by atoms with Crippen LogP contribution in [0.4, 0.5) is 4.39 Å². The lowest BCUT2D eigenvalue weighted by molar-refractivity contribution is 0.0961. The minimum Gasteiger partial charge on any atom is -0.374 e. The molecule has 0 aliphatic carbocycles. The summed E-state index contributed by atoms with van der Waals surface area (Å²) in [6.45, 7) is 4.31. The summed E-state index contributed by atoms with van der Waals surface area (Å²) < 4.78 is 16.9. The lowest BCUT2D eigenvalue weighted by atomic mass is 10.3. The Balaban J connectivity index is 3.46. The Morgan fingerprint density at radius 2 is 2.30 bits per heavy atom. The van der Waals surface area contributed by atoms with Crippen molar-refractivity contribution in [1.29, 1.82) is 0 Å². The fourth-order valence-electron chi connectivity index (χ4n) is 0.409. The molecule has 0 aliphatic heterocycles. The molecule has 0 rings (SSSR count). The van der Waals surface area contributed by atoms with E-state index in [1.165, 1.54) is 0 Å². The molecule has 2 nitrogen and oxygen atoms in total. The normalized spacial score (nSPS) is 12.7. The molecular weight excluding hydrogens is 133 g/mol. The van der Waals surface area contributed by atoms with Crippen LogP contribution < -0.4 is 5.73 Å². The Morgan fingerprint density at radius 1 is 1.70 bits per heavy atom. The van der Waals surface area contributed by atoms with Crippen molar-refractivity contribution in [1.82, 2.24) is 0 Å². The first-order chi connectivity index (χ1) is 4.70. The summed E-state index contributed by atoms with van der Waals surface area (Å²) in [4.78, 5) is 0. The van der Waals surface area contributed by atoms with Gasteiger partial charge in [-0.3, -0.25) is 0 Å². The second kappa shape index (κ2) is 5.38. The first kappa shape index (κ1) is 9.59. The summed E-state index contributed by atoms with van der Waals surface area (Å²) in [6.07, 6.45) is 0.629. The van der Waals surface area contributed by atoms with Gasteiger partial charge in [-0.15, -0.1) is 0 Å². The molecule has 0 fully saturated rings. The molecule has 0 aliphatic rings. The smallest absolute Gasteiger partial charge is 0.0894 e. The van der Waals surface area contributed by atoms with Crippen LogP contribution in [-0.4, -0.2) is 19.3 Å². The number of rotatable bonds is 4. The van der Waals surface area contributed by atoms with Gasteiger partial charge in [-0.05, 0) is 19.4 Å². The van der Waals surface area contributed by atoms with Crippen LogP contribution in [0.1, 0.15) is 13.8 Å². The number of hydrogen-bond acceptors (Lipinski definition) is 2. The molecule has 0 amide bonds. The zero-order valence-electron chi connectivity index (χ0n) is 6.43. The van der Waals surface area contributed by atoms with E-state index in [1.807, 2.05) is 13.8 Å². The number of nitrogens with two attached hydrogens (primary N) is 1. The zero-order chi connectivity index (χ0) is 7.98. The highest BCUT2D eigenvalue weighted by molar-refractivity contribution is 4.99. The van der Waals surface area contributed by atoms with Crippen molar-refractivity contribution in [3.63, 3.8) is 0 Å². The van der Waals surface area contributed by atoms with Crippen LogP contribution in [0.25, 0.3) is 0 Å². The van der Waals surface area contributed by atoms with Gasteiger partial charge in [0, 0.05) is 6.54 Å². The van der Waals surface area contributed by atoms with Crippen LogP contribution in [0.15, 0.2) is 11.9 Å². The van der Waals surface area contributed by atoms with E-state index in [9.17, 15) is 4.39 Å². The van der Waals surface area contributed by atoms with Gasteiger partial charge in [0.2, 0.25) is 0 Å². The second-order valence-electron chi connectivity index (χ2n) is 2.33. The minimum absolute atomic E-state index is 0.126. The Kier molecular flexibility index (Phi) is 5.16. The first-order valence-electron chi connectivity index (χ1n) is 3.30. The standard InChI is InChI=1S/C7H14FNO/c1-6(2)10-5-7(3-8)4-9/h3,6H,4-5,9H2,1-2H3/b7-3+. The van der Waals surface area contributed by atoms with Gasteiger partial charge in [0.25, 0.3) is 0 Å². The van der Waals surface area contributed by atoms with Gasteiger partial charge >= 0.3 is 0 Å². The highest BCUT2D eigenvalue weighted by Gasteiger charge is 1.96. The van der Waals surface area contributed by atoms with Crippen molar-refractivity contribution in [3.8, 4) is 0 Å². The summed E-state index contributed by atoms with van der Waals surface area (Å²) in [5, 5.41) is 0. The summed E-state index contributed by atoms with van der Waals surface area (Å²) in [6, 6.07) is 0. The molecular formula is C7H14FNO. The molecule has 0 atom stereocenters. The monoisotopic (exact) mass is 147 g/mol. The van der Waals surface area contributed by atoms with Gasteiger partial charge in [-0.2, -0.15) is 0 Å². The van der Waals surface area contributed by atoms with Gasteiger partial charge < -0.3 is 10.5 Å². The van der Waals surface area contributed by atoms with Gasteiger partial charge in [-0.25, -0.2) is 4.39 Å². The van der Waals surface area contributed by atoms with Crippen LogP contribution >= 0.6 is 0 Å². The molecule has 0 bridgehead atoms. The predicted molar refractivity (Wildman–Crippen MR) is 39.3 cm³/mol. The molecule has 0 spiro atoms. The Labute approximate surface area is 60.9 Å². The SMILES string of the molecule is CC(C)OC/C(=C/F)CN. The highest BCUT2D eigenvalue weighted by Crippen LogP contribution is 1.96. The second-order valence-corrected chi connectivity index (χ2v) is 2.33. The van der Waals surface area contributed by atoms with Gasteiger partial charge in [-0.1, -0.05) is 0 Å². The van der Waals surface area contributed by atoms with Crippen molar-refractivity contribution < 1.29 is 9.13 Å².